The highest BCUT2D eigenvalue weighted by Gasteiger charge is 2.13. The minimum atomic E-state index is -0.593. The Hall–Kier alpha value is -1.93. The van der Waals surface area contributed by atoms with E-state index < -0.39 is 11.7 Å². The van der Waals surface area contributed by atoms with Crippen molar-refractivity contribution in [3.05, 3.63) is 42.2 Å². The summed E-state index contributed by atoms with van der Waals surface area (Å²) in [6, 6.07) is 3.99. The molecule has 2 rings (SSSR count). The SMILES string of the molecule is C=CCSc1nnc(NC(=O)c2ccc(OC)c(F)c2)s1. The van der Waals surface area contributed by atoms with Crippen LogP contribution in [0.3, 0.4) is 0 Å². The van der Waals surface area contributed by atoms with E-state index in [1.165, 1.54) is 42.3 Å². The molecule has 0 aliphatic rings. The summed E-state index contributed by atoms with van der Waals surface area (Å²) in [6.07, 6.45) is 1.75. The maximum absolute atomic E-state index is 13.5. The Morgan fingerprint density at radius 3 is 3.05 bits per heavy atom. The van der Waals surface area contributed by atoms with E-state index >= 15 is 0 Å². The van der Waals surface area contributed by atoms with E-state index in [0.29, 0.717) is 10.9 Å². The molecule has 21 heavy (non-hydrogen) atoms. The van der Waals surface area contributed by atoms with E-state index in [9.17, 15) is 9.18 Å². The summed E-state index contributed by atoms with van der Waals surface area (Å²) in [5, 5.41) is 10.7. The number of benzene rings is 1. The Labute approximate surface area is 129 Å². The van der Waals surface area contributed by atoms with E-state index in [0.717, 1.165) is 10.4 Å². The van der Waals surface area contributed by atoms with Gasteiger partial charge in [-0.2, -0.15) is 0 Å². The average molecular weight is 325 g/mol. The van der Waals surface area contributed by atoms with Crippen molar-refractivity contribution in [1.29, 1.82) is 0 Å². The van der Waals surface area contributed by atoms with Crippen LogP contribution < -0.4 is 10.1 Å². The first-order valence-electron chi connectivity index (χ1n) is 5.86. The van der Waals surface area contributed by atoms with Gasteiger partial charge >= 0.3 is 0 Å². The van der Waals surface area contributed by atoms with Crippen LogP contribution in [0.15, 0.2) is 35.2 Å². The molecule has 1 heterocycles. The molecule has 2 aromatic rings. The number of nitrogens with zero attached hydrogens (tertiary/aromatic N) is 2. The van der Waals surface area contributed by atoms with Gasteiger partial charge in [0.2, 0.25) is 5.13 Å². The van der Waals surface area contributed by atoms with E-state index in [1.807, 2.05) is 0 Å². The van der Waals surface area contributed by atoms with Gasteiger partial charge in [-0.15, -0.1) is 16.8 Å². The Morgan fingerprint density at radius 2 is 2.38 bits per heavy atom. The molecule has 0 spiro atoms. The van der Waals surface area contributed by atoms with Crippen molar-refractivity contribution < 1.29 is 13.9 Å². The van der Waals surface area contributed by atoms with Gasteiger partial charge in [-0.05, 0) is 18.2 Å². The topological polar surface area (TPSA) is 64.1 Å². The number of ether oxygens (including phenoxy) is 1. The van der Waals surface area contributed by atoms with E-state index in [-0.39, 0.29) is 11.3 Å². The molecule has 0 radical (unpaired) electrons. The molecule has 8 heteroatoms. The minimum absolute atomic E-state index is 0.0885. The third-order valence-electron chi connectivity index (χ3n) is 2.37. The Kier molecular flexibility index (Phi) is 5.29. The molecule has 0 bridgehead atoms. The smallest absolute Gasteiger partial charge is 0.257 e. The second kappa shape index (κ2) is 7.19. The summed E-state index contributed by atoms with van der Waals surface area (Å²) in [5.74, 6) is -0.241. The van der Waals surface area contributed by atoms with Crippen LogP contribution in [0.5, 0.6) is 5.75 Å². The normalized spacial score (nSPS) is 10.2. The van der Waals surface area contributed by atoms with Crippen molar-refractivity contribution >= 4 is 34.1 Å². The average Bonchev–Trinajstić information content (AvgIpc) is 2.92. The van der Waals surface area contributed by atoms with Gasteiger partial charge in [0.15, 0.2) is 15.9 Å². The van der Waals surface area contributed by atoms with Gasteiger partial charge in [0.05, 0.1) is 7.11 Å². The molecule has 1 amide bonds. The number of rotatable bonds is 6. The zero-order valence-electron chi connectivity index (χ0n) is 11.1. The van der Waals surface area contributed by atoms with E-state index in [4.69, 9.17) is 4.74 Å². The van der Waals surface area contributed by atoms with Crippen LogP contribution in [0.4, 0.5) is 9.52 Å². The number of amides is 1. The van der Waals surface area contributed by atoms with Gasteiger partial charge in [0, 0.05) is 11.3 Å². The third-order valence-corrected chi connectivity index (χ3v) is 4.33. The largest absolute Gasteiger partial charge is 0.494 e. The first-order chi connectivity index (χ1) is 10.1. The lowest BCUT2D eigenvalue weighted by Crippen LogP contribution is -2.12. The molecule has 0 aliphatic heterocycles. The number of nitrogens with one attached hydrogen (secondary N) is 1. The first kappa shape index (κ1) is 15.5. The summed E-state index contributed by atoms with van der Waals surface area (Å²) in [5.41, 5.74) is 0.184. The highest BCUT2D eigenvalue weighted by atomic mass is 32.2. The zero-order valence-corrected chi connectivity index (χ0v) is 12.8. The van der Waals surface area contributed by atoms with E-state index in [2.05, 4.69) is 22.1 Å². The Bertz CT molecular complexity index is 661. The molecule has 0 saturated heterocycles. The number of thioether (sulfide) groups is 1. The molecular weight excluding hydrogens is 313 g/mol. The number of hydrogen-bond acceptors (Lipinski definition) is 6. The fraction of sp³-hybridized carbons (Fsp3) is 0.154. The maximum Gasteiger partial charge on any atom is 0.257 e. The zero-order chi connectivity index (χ0) is 15.2. The van der Waals surface area contributed by atoms with Crippen LogP contribution in [0.25, 0.3) is 0 Å². The number of aromatic nitrogens is 2. The molecule has 0 unspecified atom stereocenters. The fourth-order valence-corrected chi connectivity index (χ4v) is 2.93. The van der Waals surface area contributed by atoms with Crippen LogP contribution in [0.2, 0.25) is 0 Å². The van der Waals surface area contributed by atoms with Crippen molar-refractivity contribution in [3.63, 3.8) is 0 Å². The maximum atomic E-state index is 13.5. The second-order valence-corrected chi connectivity index (χ2v) is 6.02. The molecule has 1 aromatic heterocycles. The van der Waals surface area contributed by atoms with Crippen molar-refractivity contribution in [2.75, 3.05) is 18.2 Å². The van der Waals surface area contributed by atoms with Crippen LogP contribution >= 0.6 is 23.1 Å². The van der Waals surface area contributed by atoms with E-state index in [1.54, 1.807) is 6.08 Å². The minimum Gasteiger partial charge on any atom is -0.494 e. The number of carbonyl (C=O) groups is 1. The molecule has 0 aliphatic carbocycles. The van der Waals surface area contributed by atoms with Gasteiger partial charge in [0.25, 0.3) is 5.91 Å². The number of anilines is 1. The van der Waals surface area contributed by atoms with Crippen LogP contribution in [0, 0.1) is 5.82 Å². The van der Waals surface area contributed by atoms with Crippen LogP contribution in [0.1, 0.15) is 10.4 Å². The predicted octanol–water partition coefficient (Wildman–Crippen LogP) is 3.22. The van der Waals surface area contributed by atoms with Gasteiger partial charge in [-0.1, -0.05) is 29.2 Å². The molecule has 5 nitrogen and oxygen atoms in total. The van der Waals surface area contributed by atoms with Gasteiger partial charge in [0.1, 0.15) is 0 Å². The molecule has 1 N–H and O–H groups in total. The highest BCUT2D eigenvalue weighted by molar-refractivity contribution is 8.01. The lowest BCUT2D eigenvalue weighted by Gasteiger charge is -2.04. The standard InChI is InChI=1S/C13H12FN3O2S2/c1-3-6-20-13-17-16-12(21-13)15-11(18)8-4-5-10(19-2)9(14)7-8/h3-5,7H,1,6H2,2H3,(H,15,16,18). The lowest BCUT2D eigenvalue weighted by molar-refractivity contribution is 0.102. The highest BCUT2D eigenvalue weighted by Crippen LogP contribution is 2.26. The monoisotopic (exact) mass is 325 g/mol. The second-order valence-electron chi connectivity index (χ2n) is 3.78. The summed E-state index contributed by atoms with van der Waals surface area (Å²) < 4.78 is 19.1. The van der Waals surface area contributed by atoms with Crippen molar-refractivity contribution in [2.24, 2.45) is 0 Å². The quantitative estimate of drug-likeness (QED) is 0.502. The molecule has 0 fully saturated rings. The Balaban J connectivity index is 2.05. The molecule has 110 valence electrons. The van der Waals surface area contributed by atoms with Gasteiger partial charge in [-0.3, -0.25) is 10.1 Å². The summed E-state index contributed by atoms with van der Waals surface area (Å²) in [7, 11) is 1.36. The van der Waals surface area contributed by atoms with Crippen molar-refractivity contribution in [3.8, 4) is 5.75 Å². The van der Waals surface area contributed by atoms with Crippen molar-refractivity contribution in [2.45, 2.75) is 4.34 Å². The molecule has 1 aromatic carbocycles. The van der Waals surface area contributed by atoms with Gasteiger partial charge in [-0.25, -0.2) is 4.39 Å². The Morgan fingerprint density at radius 1 is 1.57 bits per heavy atom. The summed E-state index contributed by atoms with van der Waals surface area (Å²) >= 11 is 2.72. The number of carbonyl (C=O) groups excluding carboxylic acids is 1. The number of methoxy groups -OCH3 is 1. The summed E-state index contributed by atoms with van der Waals surface area (Å²) in [4.78, 5) is 12.0. The summed E-state index contributed by atoms with van der Waals surface area (Å²) in [6.45, 7) is 3.61. The number of hydrogen-bond donors (Lipinski definition) is 1. The molecular formula is C13H12FN3O2S2. The number of halogens is 1. The van der Waals surface area contributed by atoms with Crippen LogP contribution in [-0.2, 0) is 0 Å². The molecule has 0 saturated carbocycles. The lowest BCUT2D eigenvalue weighted by atomic mass is 10.2. The first-order valence-corrected chi connectivity index (χ1v) is 7.66. The molecule has 0 atom stereocenters. The van der Waals surface area contributed by atoms with Gasteiger partial charge < -0.3 is 4.74 Å². The fourth-order valence-electron chi connectivity index (χ4n) is 1.43. The third kappa shape index (κ3) is 4.02. The predicted molar refractivity (Wildman–Crippen MR) is 81.7 cm³/mol. The van der Waals surface area contributed by atoms with Crippen LogP contribution in [-0.4, -0.2) is 29.0 Å². The van der Waals surface area contributed by atoms with Crippen molar-refractivity contribution in [1.82, 2.24) is 10.2 Å².